The van der Waals surface area contributed by atoms with Gasteiger partial charge < -0.3 is 19.9 Å². The molecular formula is C17H27Cl2FN2O3. The fourth-order valence-corrected chi connectivity index (χ4v) is 3.72. The third-order valence-electron chi connectivity index (χ3n) is 4.87. The number of piperazine rings is 1. The maximum atomic E-state index is 14.0. The number of rotatable bonds is 4. The van der Waals surface area contributed by atoms with Crippen LogP contribution in [0, 0.1) is 11.7 Å². The minimum absolute atomic E-state index is 0. The Kier molecular flexibility index (Phi) is 9.24. The summed E-state index contributed by atoms with van der Waals surface area (Å²) in [6.07, 6.45) is 1.85. The molecular weight excluding hydrogens is 370 g/mol. The number of nitrogens with zero attached hydrogens (tertiary/aromatic N) is 1. The summed E-state index contributed by atoms with van der Waals surface area (Å²) in [4.78, 5) is 2.35. The van der Waals surface area contributed by atoms with Crippen molar-refractivity contribution in [3.63, 3.8) is 0 Å². The lowest BCUT2D eigenvalue weighted by molar-refractivity contribution is 0.0205. The van der Waals surface area contributed by atoms with Crippen LogP contribution in [0.1, 0.15) is 24.4 Å². The molecule has 2 heterocycles. The SMILES string of the molecule is COc1cc(F)cc([C@H](C2CCOCC2)N2CCNCC2)c1O.Cl.Cl. The Labute approximate surface area is 160 Å². The Bertz CT molecular complexity index is 521. The van der Waals surface area contributed by atoms with Gasteiger partial charge in [-0.15, -0.1) is 24.8 Å². The summed E-state index contributed by atoms with van der Waals surface area (Å²) in [5, 5.41) is 13.9. The standard InChI is InChI=1S/C17H25FN2O3.2ClH/c1-22-15-11-13(18)10-14(17(15)21)16(12-2-8-23-9-3-12)20-6-4-19-5-7-20;;/h10-12,16,19,21H,2-9H2,1H3;2*1H/t16-;;/m0../s1. The number of aromatic hydroxyl groups is 1. The van der Waals surface area contributed by atoms with Crippen molar-refractivity contribution in [2.24, 2.45) is 5.92 Å². The second-order valence-corrected chi connectivity index (χ2v) is 6.23. The van der Waals surface area contributed by atoms with Gasteiger partial charge in [0, 0.05) is 57.1 Å². The van der Waals surface area contributed by atoms with Gasteiger partial charge in [0.05, 0.1) is 7.11 Å². The van der Waals surface area contributed by atoms with Gasteiger partial charge in [-0.3, -0.25) is 4.90 Å². The second kappa shape index (κ2) is 10.4. The zero-order valence-corrected chi connectivity index (χ0v) is 16.0. The number of phenolic OH excluding ortho intramolecular Hbond substituents is 1. The molecule has 0 radical (unpaired) electrons. The molecule has 0 unspecified atom stereocenters. The molecule has 0 amide bonds. The van der Waals surface area contributed by atoms with Crippen molar-refractivity contribution >= 4 is 24.8 Å². The number of halogens is 3. The van der Waals surface area contributed by atoms with E-state index in [4.69, 9.17) is 9.47 Å². The Morgan fingerprint density at radius 1 is 1.24 bits per heavy atom. The van der Waals surface area contributed by atoms with Gasteiger partial charge in [-0.1, -0.05) is 0 Å². The smallest absolute Gasteiger partial charge is 0.163 e. The monoisotopic (exact) mass is 396 g/mol. The third kappa shape index (κ3) is 5.11. The molecule has 25 heavy (non-hydrogen) atoms. The van der Waals surface area contributed by atoms with Crippen molar-refractivity contribution in [3.05, 3.63) is 23.5 Å². The van der Waals surface area contributed by atoms with Gasteiger partial charge in [0.1, 0.15) is 5.82 Å². The highest BCUT2D eigenvalue weighted by Gasteiger charge is 2.34. The van der Waals surface area contributed by atoms with Crippen molar-refractivity contribution < 1.29 is 19.0 Å². The van der Waals surface area contributed by atoms with Crippen molar-refractivity contribution in [3.8, 4) is 11.5 Å². The minimum atomic E-state index is -0.373. The van der Waals surface area contributed by atoms with E-state index in [-0.39, 0.29) is 48.2 Å². The molecule has 0 spiro atoms. The van der Waals surface area contributed by atoms with Crippen LogP contribution in [0.3, 0.4) is 0 Å². The van der Waals surface area contributed by atoms with Crippen molar-refractivity contribution in [2.75, 3.05) is 46.5 Å². The lowest BCUT2D eigenvalue weighted by Crippen LogP contribution is -2.47. The first-order valence-electron chi connectivity index (χ1n) is 8.29. The molecule has 2 saturated heterocycles. The van der Waals surface area contributed by atoms with Gasteiger partial charge in [-0.2, -0.15) is 0 Å². The van der Waals surface area contributed by atoms with E-state index in [1.54, 1.807) is 0 Å². The topological polar surface area (TPSA) is 54.0 Å². The molecule has 3 rings (SSSR count). The summed E-state index contributed by atoms with van der Waals surface area (Å²) < 4.78 is 24.7. The highest BCUT2D eigenvalue weighted by atomic mass is 35.5. The third-order valence-corrected chi connectivity index (χ3v) is 4.87. The van der Waals surface area contributed by atoms with Gasteiger partial charge in [-0.05, 0) is 24.8 Å². The first-order valence-corrected chi connectivity index (χ1v) is 8.29. The number of methoxy groups -OCH3 is 1. The van der Waals surface area contributed by atoms with E-state index in [0.717, 1.165) is 52.2 Å². The maximum Gasteiger partial charge on any atom is 0.163 e. The largest absolute Gasteiger partial charge is 0.504 e. The van der Waals surface area contributed by atoms with E-state index in [2.05, 4.69) is 10.2 Å². The lowest BCUT2D eigenvalue weighted by Gasteiger charge is -2.41. The summed E-state index contributed by atoms with van der Waals surface area (Å²) in [5.74, 6) is 0.234. The van der Waals surface area contributed by atoms with Crippen LogP contribution >= 0.6 is 24.8 Å². The van der Waals surface area contributed by atoms with E-state index in [1.807, 2.05) is 0 Å². The Morgan fingerprint density at radius 2 is 1.88 bits per heavy atom. The van der Waals surface area contributed by atoms with Gasteiger partial charge in [-0.25, -0.2) is 4.39 Å². The molecule has 5 nitrogen and oxygen atoms in total. The summed E-state index contributed by atoms with van der Waals surface area (Å²) >= 11 is 0. The second-order valence-electron chi connectivity index (χ2n) is 6.23. The molecule has 2 fully saturated rings. The van der Waals surface area contributed by atoms with E-state index in [0.29, 0.717) is 11.5 Å². The zero-order chi connectivity index (χ0) is 16.2. The zero-order valence-electron chi connectivity index (χ0n) is 14.4. The Balaban J connectivity index is 0.00000156. The van der Waals surface area contributed by atoms with Crippen LogP contribution in [0.2, 0.25) is 0 Å². The fourth-order valence-electron chi connectivity index (χ4n) is 3.72. The van der Waals surface area contributed by atoms with Crippen LogP contribution in [-0.4, -0.2) is 56.5 Å². The van der Waals surface area contributed by atoms with Crippen LogP contribution in [0.25, 0.3) is 0 Å². The number of phenols is 1. The number of hydrogen-bond acceptors (Lipinski definition) is 5. The van der Waals surface area contributed by atoms with Crippen molar-refractivity contribution in [1.29, 1.82) is 0 Å². The van der Waals surface area contributed by atoms with Gasteiger partial charge in [0.2, 0.25) is 0 Å². The predicted molar refractivity (Wildman–Crippen MR) is 99.8 cm³/mol. The van der Waals surface area contributed by atoms with Crippen LogP contribution in [0.5, 0.6) is 11.5 Å². The summed E-state index contributed by atoms with van der Waals surface area (Å²) in [7, 11) is 1.45. The summed E-state index contributed by atoms with van der Waals surface area (Å²) in [6, 6.07) is 2.68. The molecule has 1 aromatic rings. The average Bonchev–Trinajstić information content (AvgIpc) is 2.60. The predicted octanol–water partition coefficient (Wildman–Crippen LogP) is 2.76. The lowest BCUT2D eigenvalue weighted by atomic mass is 9.85. The summed E-state index contributed by atoms with van der Waals surface area (Å²) in [6.45, 7) is 5.04. The van der Waals surface area contributed by atoms with Crippen LogP contribution in [0.15, 0.2) is 12.1 Å². The van der Waals surface area contributed by atoms with Gasteiger partial charge >= 0.3 is 0 Å². The molecule has 0 saturated carbocycles. The van der Waals surface area contributed by atoms with E-state index >= 15 is 0 Å². The molecule has 144 valence electrons. The van der Waals surface area contributed by atoms with Crippen LogP contribution < -0.4 is 10.1 Å². The molecule has 2 N–H and O–H groups in total. The molecule has 0 aliphatic carbocycles. The fraction of sp³-hybridized carbons (Fsp3) is 0.647. The highest BCUT2D eigenvalue weighted by molar-refractivity contribution is 5.85. The van der Waals surface area contributed by atoms with Gasteiger partial charge in [0.15, 0.2) is 11.5 Å². The number of hydrogen-bond donors (Lipinski definition) is 2. The maximum absolute atomic E-state index is 14.0. The van der Waals surface area contributed by atoms with Crippen molar-refractivity contribution in [2.45, 2.75) is 18.9 Å². The number of ether oxygens (including phenoxy) is 2. The molecule has 2 aliphatic heterocycles. The molecule has 1 atom stereocenters. The first kappa shape index (κ1) is 22.3. The molecule has 0 aromatic heterocycles. The summed E-state index contributed by atoms with van der Waals surface area (Å²) in [5.41, 5.74) is 0.635. The first-order chi connectivity index (χ1) is 11.2. The molecule has 8 heteroatoms. The van der Waals surface area contributed by atoms with E-state index < -0.39 is 0 Å². The number of benzene rings is 1. The van der Waals surface area contributed by atoms with Crippen molar-refractivity contribution in [1.82, 2.24) is 10.2 Å². The molecule has 2 aliphatic rings. The van der Waals surface area contributed by atoms with E-state index in [9.17, 15) is 9.50 Å². The van der Waals surface area contributed by atoms with Crippen LogP contribution in [0.4, 0.5) is 4.39 Å². The highest BCUT2D eigenvalue weighted by Crippen LogP contribution is 2.43. The number of nitrogens with one attached hydrogen (secondary N) is 1. The van der Waals surface area contributed by atoms with E-state index in [1.165, 1.54) is 19.2 Å². The van der Waals surface area contributed by atoms with Crippen LogP contribution in [-0.2, 0) is 4.74 Å². The molecule has 0 bridgehead atoms. The Morgan fingerprint density at radius 3 is 2.48 bits per heavy atom. The normalized spacial score (nSPS) is 20.2. The van der Waals surface area contributed by atoms with Gasteiger partial charge in [0.25, 0.3) is 0 Å². The molecule has 1 aromatic carbocycles. The quantitative estimate of drug-likeness (QED) is 0.819. The Hall–Kier alpha value is -0.790. The average molecular weight is 397 g/mol. The minimum Gasteiger partial charge on any atom is -0.504 e.